The highest BCUT2D eigenvalue weighted by atomic mass is 32.2. The van der Waals surface area contributed by atoms with E-state index in [1.54, 1.807) is 18.3 Å². The summed E-state index contributed by atoms with van der Waals surface area (Å²) in [7, 11) is 0. The van der Waals surface area contributed by atoms with E-state index in [0.29, 0.717) is 11.7 Å². The SMILES string of the molecule is CSc1nc(Sc2ccc(F)cc2)c2cnn(Cc3ccccc3)c2n1. The second kappa shape index (κ2) is 7.47. The number of hydrogen-bond donors (Lipinski definition) is 0. The van der Waals surface area contributed by atoms with E-state index in [1.807, 2.05) is 29.1 Å². The fraction of sp³-hybridized carbons (Fsp3) is 0.105. The Kier molecular flexibility index (Phi) is 4.90. The molecule has 0 atom stereocenters. The van der Waals surface area contributed by atoms with E-state index in [1.165, 1.54) is 35.7 Å². The first-order valence-electron chi connectivity index (χ1n) is 7.98. The molecule has 0 unspecified atom stereocenters. The molecule has 2 aromatic heterocycles. The van der Waals surface area contributed by atoms with Gasteiger partial charge in [-0.2, -0.15) is 5.10 Å². The van der Waals surface area contributed by atoms with Crippen LogP contribution in [0.15, 0.2) is 75.9 Å². The Hall–Kier alpha value is -2.38. The molecule has 0 spiro atoms. The summed E-state index contributed by atoms with van der Waals surface area (Å²) in [4.78, 5) is 10.2. The first kappa shape index (κ1) is 17.1. The molecule has 0 saturated carbocycles. The predicted molar refractivity (Wildman–Crippen MR) is 103 cm³/mol. The van der Waals surface area contributed by atoms with Crippen LogP contribution in [0.5, 0.6) is 0 Å². The minimum Gasteiger partial charge on any atom is -0.243 e. The number of fused-ring (bicyclic) bond motifs is 1. The Balaban J connectivity index is 1.74. The van der Waals surface area contributed by atoms with Crippen LogP contribution in [0.3, 0.4) is 0 Å². The highest BCUT2D eigenvalue weighted by molar-refractivity contribution is 7.99. The van der Waals surface area contributed by atoms with Gasteiger partial charge in [0.15, 0.2) is 10.8 Å². The molecule has 4 nitrogen and oxygen atoms in total. The molecule has 4 rings (SSSR count). The summed E-state index contributed by atoms with van der Waals surface area (Å²) in [6, 6.07) is 16.6. The molecule has 0 amide bonds. The predicted octanol–water partition coefficient (Wildman–Crippen LogP) is 4.89. The van der Waals surface area contributed by atoms with Gasteiger partial charge >= 0.3 is 0 Å². The molecule has 2 aromatic carbocycles. The van der Waals surface area contributed by atoms with Crippen molar-refractivity contribution in [2.75, 3.05) is 6.26 Å². The molecule has 0 radical (unpaired) electrons. The summed E-state index contributed by atoms with van der Waals surface area (Å²) in [5, 5.41) is 6.93. The van der Waals surface area contributed by atoms with Crippen molar-refractivity contribution >= 4 is 34.6 Å². The van der Waals surface area contributed by atoms with Gasteiger partial charge in [-0.1, -0.05) is 53.9 Å². The molecule has 4 aromatic rings. The second-order valence-electron chi connectivity index (χ2n) is 5.60. The highest BCUT2D eigenvalue weighted by Crippen LogP contribution is 2.33. The Morgan fingerprint density at radius 1 is 1.00 bits per heavy atom. The smallest absolute Gasteiger partial charge is 0.190 e. The number of benzene rings is 2. The van der Waals surface area contributed by atoms with Crippen molar-refractivity contribution in [1.82, 2.24) is 19.7 Å². The summed E-state index contributed by atoms with van der Waals surface area (Å²) < 4.78 is 15.0. The van der Waals surface area contributed by atoms with Gasteiger partial charge in [0.2, 0.25) is 0 Å². The zero-order valence-electron chi connectivity index (χ0n) is 14.0. The maximum Gasteiger partial charge on any atom is 0.190 e. The summed E-state index contributed by atoms with van der Waals surface area (Å²) in [6.07, 6.45) is 3.75. The first-order valence-corrected chi connectivity index (χ1v) is 10.0. The fourth-order valence-electron chi connectivity index (χ4n) is 2.57. The molecular formula is C19H15FN4S2. The maximum atomic E-state index is 13.2. The van der Waals surface area contributed by atoms with E-state index in [-0.39, 0.29) is 5.82 Å². The van der Waals surface area contributed by atoms with Crippen molar-refractivity contribution in [2.45, 2.75) is 21.6 Å². The van der Waals surface area contributed by atoms with Crippen LogP contribution in [0, 0.1) is 5.82 Å². The van der Waals surface area contributed by atoms with E-state index in [9.17, 15) is 4.39 Å². The van der Waals surface area contributed by atoms with Gasteiger partial charge in [0.1, 0.15) is 10.8 Å². The van der Waals surface area contributed by atoms with E-state index in [4.69, 9.17) is 0 Å². The molecule has 26 heavy (non-hydrogen) atoms. The summed E-state index contributed by atoms with van der Waals surface area (Å²) in [5.74, 6) is -0.248. The van der Waals surface area contributed by atoms with Crippen molar-refractivity contribution in [3.63, 3.8) is 0 Å². The lowest BCUT2D eigenvalue weighted by molar-refractivity contribution is 0.626. The van der Waals surface area contributed by atoms with Crippen molar-refractivity contribution in [1.29, 1.82) is 0 Å². The average molecular weight is 382 g/mol. The van der Waals surface area contributed by atoms with Crippen LogP contribution in [0.4, 0.5) is 4.39 Å². The Bertz CT molecular complexity index is 1030. The van der Waals surface area contributed by atoms with Crippen LogP contribution in [0.2, 0.25) is 0 Å². The molecule has 0 N–H and O–H groups in total. The Morgan fingerprint density at radius 2 is 1.77 bits per heavy atom. The van der Waals surface area contributed by atoms with Gasteiger partial charge in [0.25, 0.3) is 0 Å². The van der Waals surface area contributed by atoms with Gasteiger partial charge in [-0.15, -0.1) is 0 Å². The van der Waals surface area contributed by atoms with Crippen LogP contribution in [-0.2, 0) is 6.54 Å². The molecule has 0 aliphatic heterocycles. The summed E-state index contributed by atoms with van der Waals surface area (Å²) in [5.41, 5.74) is 1.97. The number of halogens is 1. The number of aromatic nitrogens is 4. The molecular weight excluding hydrogens is 367 g/mol. The van der Waals surface area contributed by atoms with E-state index in [2.05, 4.69) is 27.2 Å². The lowest BCUT2D eigenvalue weighted by Crippen LogP contribution is -2.03. The van der Waals surface area contributed by atoms with Crippen LogP contribution in [-0.4, -0.2) is 26.0 Å². The molecule has 2 heterocycles. The molecule has 0 aliphatic rings. The van der Waals surface area contributed by atoms with Crippen LogP contribution >= 0.6 is 23.5 Å². The number of hydrogen-bond acceptors (Lipinski definition) is 5. The number of thioether (sulfide) groups is 1. The van der Waals surface area contributed by atoms with E-state index >= 15 is 0 Å². The normalized spacial score (nSPS) is 11.2. The average Bonchev–Trinajstić information content (AvgIpc) is 3.07. The number of nitrogens with zero attached hydrogens (tertiary/aromatic N) is 4. The zero-order chi connectivity index (χ0) is 17.9. The third-order valence-electron chi connectivity index (χ3n) is 3.83. The number of rotatable bonds is 5. The zero-order valence-corrected chi connectivity index (χ0v) is 15.6. The molecule has 0 fully saturated rings. The second-order valence-corrected chi connectivity index (χ2v) is 7.43. The monoisotopic (exact) mass is 382 g/mol. The first-order chi connectivity index (χ1) is 12.7. The third-order valence-corrected chi connectivity index (χ3v) is 5.39. The quantitative estimate of drug-likeness (QED) is 0.279. The topological polar surface area (TPSA) is 43.6 Å². The summed E-state index contributed by atoms with van der Waals surface area (Å²) in [6.45, 7) is 0.649. The van der Waals surface area contributed by atoms with Crippen molar-refractivity contribution < 1.29 is 4.39 Å². The van der Waals surface area contributed by atoms with Crippen molar-refractivity contribution in [3.8, 4) is 0 Å². The lowest BCUT2D eigenvalue weighted by atomic mass is 10.2. The molecule has 0 saturated heterocycles. The van der Waals surface area contributed by atoms with Gasteiger partial charge < -0.3 is 0 Å². The Labute approximate surface area is 158 Å². The van der Waals surface area contributed by atoms with Crippen LogP contribution < -0.4 is 0 Å². The van der Waals surface area contributed by atoms with Gasteiger partial charge in [-0.05, 0) is 36.1 Å². The minimum atomic E-state index is -0.248. The lowest BCUT2D eigenvalue weighted by Gasteiger charge is -2.07. The molecule has 0 aliphatic carbocycles. The van der Waals surface area contributed by atoms with Gasteiger partial charge in [0.05, 0.1) is 18.1 Å². The van der Waals surface area contributed by atoms with Gasteiger partial charge in [0, 0.05) is 4.90 Å². The summed E-state index contributed by atoms with van der Waals surface area (Å²) >= 11 is 2.98. The fourth-order valence-corrected chi connectivity index (χ4v) is 3.87. The van der Waals surface area contributed by atoms with E-state index in [0.717, 1.165) is 26.5 Å². The third kappa shape index (κ3) is 3.59. The van der Waals surface area contributed by atoms with Crippen molar-refractivity contribution in [3.05, 3.63) is 72.2 Å². The van der Waals surface area contributed by atoms with Crippen LogP contribution in [0.1, 0.15) is 5.56 Å². The Morgan fingerprint density at radius 3 is 2.50 bits per heavy atom. The molecule has 130 valence electrons. The molecule has 7 heteroatoms. The maximum absolute atomic E-state index is 13.2. The van der Waals surface area contributed by atoms with E-state index < -0.39 is 0 Å². The molecule has 0 bridgehead atoms. The van der Waals surface area contributed by atoms with Gasteiger partial charge in [-0.25, -0.2) is 19.0 Å². The largest absolute Gasteiger partial charge is 0.243 e. The van der Waals surface area contributed by atoms with Crippen molar-refractivity contribution in [2.24, 2.45) is 0 Å². The van der Waals surface area contributed by atoms with Crippen LogP contribution in [0.25, 0.3) is 11.0 Å². The van der Waals surface area contributed by atoms with Gasteiger partial charge in [-0.3, -0.25) is 0 Å². The standard InChI is InChI=1S/C19H15FN4S2/c1-25-19-22-17-16(11-21-24(17)12-13-5-3-2-4-6-13)18(23-19)26-15-9-7-14(20)8-10-15/h2-11H,12H2,1H3. The minimum absolute atomic E-state index is 0.248. The highest BCUT2D eigenvalue weighted by Gasteiger charge is 2.14.